The standard InChI is InChI=1S/C14H16FNO2/c1-9-6-11(15)4-5-12(9)13(17)16-7-14(18,8-16)10-2-3-10/h4-6,10,18H,2-3,7-8H2,1H3. The van der Waals surface area contributed by atoms with Crippen LogP contribution in [0, 0.1) is 18.7 Å². The molecule has 0 aromatic heterocycles. The minimum absolute atomic E-state index is 0.113. The molecule has 0 unspecified atom stereocenters. The Morgan fingerprint density at radius 2 is 2.11 bits per heavy atom. The summed E-state index contributed by atoms with van der Waals surface area (Å²) in [6.45, 7) is 2.55. The fourth-order valence-electron chi connectivity index (χ4n) is 2.67. The lowest BCUT2D eigenvalue weighted by Gasteiger charge is -2.47. The Hall–Kier alpha value is -1.42. The molecule has 3 rings (SSSR count). The van der Waals surface area contributed by atoms with Crippen LogP contribution in [0.2, 0.25) is 0 Å². The smallest absolute Gasteiger partial charge is 0.254 e. The first-order chi connectivity index (χ1) is 8.49. The minimum Gasteiger partial charge on any atom is -0.386 e. The molecule has 3 nitrogen and oxygen atoms in total. The van der Waals surface area contributed by atoms with Crippen molar-refractivity contribution in [2.75, 3.05) is 13.1 Å². The Morgan fingerprint density at radius 1 is 1.44 bits per heavy atom. The van der Waals surface area contributed by atoms with Gasteiger partial charge in [0.15, 0.2) is 0 Å². The Balaban J connectivity index is 1.72. The molecule has 1 heterocycles. The normalized spacial score (nSPS) is 21.6. The van der Waals surface area contributed by atoms with Crippen molar-refractivity contribution in [3.8, 4) is 0 Å². The van der Waals surface area contributed by atoms with Crippen LogP contribution in [0.1, 0.15) is 28.8 Å². The largest absolute Gasteiger partial charge is 0.386 e. The molecule has 1 aromatic carbocycles. The molecular weight excluding hydrogens is 233 g/mol. The van der Waals surface area contributed by atoms with Gasteiger partial charge in [-0.25, -0.2) is 4.39 Å². The number of carbonyl (C=O) groups is 1. The highest BCUT2D eigenvalue weighted by atomic mass is 19.1. The quantitative estimate of drug-likeness (QED) is 0.867. The monoisotopic (exact) mass is 249 g/mol. The third-order valence-electron chi connectivity index (χ3n) is 3.97. The molecule has 1 aromatic rings. The van der Waals surface area contributed by atoms with Crippen LogP contribution in [0.25, 0.3) is 0 Å². The van der Waals surface area contributed by atoms with E-state index in [-0.39, 0.29) is 11.7 Å². The molecule has 1 aliphatic carbocycles. The van der Waals surface area contributed by atoms with Crippen molar-refractivity contribution in [1.29, 1.82) is 0 Å². The van der Waals surface area contributed by atoms with E-state index in [2.05, 4.69) is 0 Å². The van der Waals surface area contributed by atoms with E-state index in [0.29, 0.717) is 30.1 Å². The molecule has 1 N–H and O–H groups in total. The van der Waals surface area contributed by atoms with Gasteiger partial charge < -0.3 is 10.0 Å². The van der Waals surface area contributed by atoms with Gasteiger partial charge in [-0.3, -0.25) is 4.79 Å². The van der Waals surface area contributed by atoms with Gasteiger partial charge in [-0.1, -0.05) is 0 Å². The van der Waals surface area contributed by atoms with Gasteiger partial charge in [0.1, 0.15) is 11.4 Å². The first-order valence-electron chi connectivity index (χ1n) is 6.27. The summed E-state index contributed by atoms with van der Waals surface area (Å²) in [6.07, 6.45) is 2.13. The third-order valence-corrected chi connectivity index (χ3v) is 3.97. The van der Waals surface area contributed by atoms with Crippen molar-refractivity contribution in [2.24, 2.45) is 5.92 Å². The summed E-state index contributed by atoms with van der Waals surface area (Å²) in [6, 6.07) is 4.18. The van der Waals surface area contributed by atoms with Crippen molar-refractivity contribution >= 4 is 5.91 Å². The zero-order valence-corrected chi connectivity index (χ0v) is 10.3. The molecule has 1 saturated carbocycles. The van der Waals surface area contributed by atoms with Crippen LogP contribution in [0.3, 0.4) is 0 Å². The van der Waals surface area contributed by atoms with Crippen LogP contribution >= 0.6 is 0 Å². The second-order valence-electron chi connectivity index (χ2n) is 5.50. The number of hydrogen-bond donors (Lipinski definition) is 1. The van der Waals surface area contributed by atoms with E-state index in [1.54, 1.807) is 11.8 Å². The number of aryl methyl sites for hydroxylation is 1. The second kappa shape index (κ2) is 3.79. The average Bonchev–Trinajstić information content (AvgIpc) is 3.08. The number of aliphatic hydroxyl groups is 1. The number of hydrogen-bond acceptors (Lipinski definition) is 2. The number of nitrogens with zero attached hydrogens (tertiary/aromatic N) is 1. The van der Waals surface area contributed by atoms with Gasteiger partial charge in [0.05, 0.1) is 13.1 Å². The number of halogens is 1. The van der Waals surface area contributed by atoms with E-state index < -0.39 is 5.60 Å². The van der Waals surface area contributed by atoms with Crippen LogP contribution < -0.4 is 0 Å². The summed E-state index contributed by atoms with van der Waals surface area (Å²) in [7, 11) is 0. The molecule has 18 heavy (non-hydrogen) atoms. The van der Waals surface area contributed by atoms with Gasteiger partial charge in [0, 0.05) is 5.56 Å². The zero-order valence-electron chi connectivity index (χ0n) is 10.3. The lowest BCUT2D eigenvalue weighted by molar-refractivity contribution is -0.0958. The van der Waals surface area contributed by atoms with Crippen LogP contribution in [-0.2, 0) is 0 Å². The van der Waals surface area contributed by atoms with Crippen molar-refractivity contribution in [3.05, 3.63) is 35.1 Å². The summed E-state index contributed by atoms with van der Waals surface area (Å²) in [4.78, 5) is 13.8. The van der Waals surface area contributed by atoms with Gasteiger partial charge >= 0.3 is 0 Å². The molecule has 1 amide bonds. The summed E-state index contributed by atoms with van der Waals surface area (Å²) in [5.41, 5.74) is 0.500. The first kappa shape index (κ1) is 11.7. The molecule has 2 fully saturated rings. The molecule has 96 valence electrons. The van der Waals surface area contributed by atoms with Crippen LogP contribution in [0.5, 0.6) is 0 Å². The summed E-state index contributed by atoms with van der Waals surface area (Å²) in [5.74, 6) is -0.0733. The van der Waals surface area contributed by atoms with E-state index in [1.807, 2.05) is 0 Å². The van der Waals surface area contributed by atoms with Gasteiger partial charge in [-0.2, -0.15) is 0 Å². The Labute approximate surface area is 105 Å². The summed E-state index contributed by atoms with van der Waals surface area (Å²) in [5, 5.41) is 10.2. The molecule has 0 radical (unpaired) electrons. The first-order valence-corrected chi connectivity index (χ1v) is 6.27. The fraction of sp³-hybridized carbons (Fsp3) is 0.500. The number of likely N-dealkylation sites (tertiary alicyclic amines) is 1. The molecular formula is C14H16FNO2. The zero-order chi connectivity index (χ0) is 12.9. The van der Waals surface area contributed by atoms with E-state index >= 15 is 0 Å². The molecule has 1 aliphatic heterocycles. The second-order valence-corrected chi connectivity index (χ2v) is 5.50. The number of β-amino-alcohol motifs (C(OH)–C–C–N with tert-alkyl or cyclic N) is 1. The number of carbonyl (C=O) groups excluding carboxylic acids is 1. The SMILES string of the molecule is Cc1cc(F)ccc1C(=O)N1CC(O)(C2CC2)C1. The third kappa shape index (κ3) is 1.81. The van der Waals surface area contributed by atoms with Crippen molar-refractivity contribution in [3.63, 3.8) is 0 Å². The topological polar surface area (TPSA) is 40.5 Å². The minimum atomic E-state index is -0.663. The predicted molar refractivity (Wildman–Crippen MR) is 64.7 cm³/mol. The van der Waals surface area contributed by atoms with E-state index in [0.717, 1.165) is 12.8 Å². The average molecular weight is 249 g/mol. The number of benzene rings is 1. The van der Waals surface area contributed by atoms with E-state index in [9.17, 15) is 14.3 Å². The Morgan fingerprint density at radius 3 is 2.67 bits per heavy atom. The number of rotatable bonds is 2. The summed E-state index contributed by atoms with van der Waals surface area (Å²) >= 11 is 0. The maximum Gasteiger partial charge on any atom is 0.254 e. The van der Waals surface area contributed by atoms with E-state index in [4.69, 9.17) is 0 Å². The maximum atomic E-state index is 13.0. The number of amides is 1. The fourth-order valence-corrected chi connectivity index (χ4v) is 2.67. The van der Waals surface area contributed by atoms with Crippen molar-refractivity contribution in [2.45, 2.75) is 25.4 Å². The van der Waals surface area contributed by atoms with Crippen LogP contribution in [0.4, 0.5) is 4.39 Å². The highest BCUT2D eigenvalue weighted by Crippen LogP contribution is 2.44. The van der Waals surface area contributed by atoms with Gasteiger partial charge in [-0.05, 0) is 49.4 Å². The maximum absolute atomic E-state index is 13.0. The molecule has 0 bridgehead atoms. The predicted octanol–water partition coefficient (Wildman–Crippen LogP) is 1.73. The highest BCUT2D eigenvalue weighted by Gasteiger charge is 2.53. The van der Waals surface area contributed by atoms with Gasteiger partial charge in [-0.15, -0.1) is 0 Å². The van der Waals surface area contributed by atoms with Crippen LogP contribution in [-0.4, -0.2) is 34.6 Å². The molecule has 0 spiro atoms. The highest BCUT2D eigenvalue weighted by molar-refractivity contribution is 5.96. The summed E-state index contributed by atoms with van der Waals surface area (Å²) < 4.78 is 13.0. The molecule has 0 atom stereocenters. The van der Waals surface area contributed by atoms with Gasteiger partial charge in [0.25, 0.3) is 5.91 Å². The van der Waals surface area contributed by atoms with Crippen molar-refractivity contribution in [1.82, 2.24) is 4.90 Å². The molecule has 1 saturated heterocycles. The van der Waals surface area contributed by atoms with Crippen LogP contribution in [0.15, 0.2) is 18.2 Å². The molecule has 4 heteroatoms. The van der Waals surface area contributed by atoms with Crippen molar-refractivity contribution < 1.29 is 14.3 Å². The Bertz CT molecular complexity index is 505. The Kier molecular flexibility index (Phi) is 2.45. The lowest BCUT2D eigenvalue weighted by Crippen LogP contribution is -2.64. The van der Waals surface area contributed by atoms with E-state index in [1.165, 1.54) is 18.2 Å². The lowest BCUT2D eigenvalue weighted by atomic mass is 9.88. The van der Waals surface area contributed by atoms with Gasteiger partial charge in [0.2, 0.25) is 0 Å². The molecule has 2 aliphatic rings.